The average Bonchev–Trinajstić information content (AvgIpc) is 2.43. The molecule has 14 heavy (non-hydrogen) atoms. The first-order valence-corrected chi connectivity index (χ1v) is 4.89. The van der Waals surface area contributed by atoms with Gasteiger partial charge in [0.25, 0.3) is 0 Å². The summed E-state index contributed by atoms with van der Waals surface area (Å²) >= 11 is 0. The highest BCUT2D eigenvalue weighted by Gasteiger charge is 2.24. The van der Waals surface area contributed by atoms with E-state index in [2.05, 4.69) is 11.9 Å². The second-order valence-corrected chi connectivity index (χ2v) is 4.01. The summed E-state index contributed by atoms with van der Waals surface area (Å²) in [7, 11) is 0. The number of carbonyl (C=O) groups is 1. The van der Waals surface area contributed by atoms with Crippen molar-refractivity contribution in [2.24, 2.45) is 5.92 Å². The lowest BCUT2D eigenvalue weighted by Gasteiger charge is -2.21. The molecule has 0 fully saturated rings. The van der Waals surface area contributed by atoms with Gasteiger partial charge in [0.15, 0.2) is 5.69 Å². The molecule has 0 saturated carbocycles. The van der Waals surface area contributed by atoms with Gasteiger partial charge in [0.1, 0.15) is 5.82 Å². The molecular weight excluding hydrogens is 180 g/mol. The quantitative estimate of drug-likeness (QED) is 0.736. The molecule has 0 aromatic carbocycles. The van der Waals surface area contributed by atoms with E-state index in [-0.39, 0.29) is 5.69 Å². The normalized spacial score (nSPS) is 20.6. The Morgan fingerprint density at radius 3 is 3.00 bits per heavy atom. The van der Waals surface area contributed by atoms with Crippen LogP contribution in [0.4, 0.5) is 0 Å². The fourth-order valence-corrected chi connectivity index (χ4v) is 2.07. The molecule has 1 aromatic heterocycles. The van der Waals surface area contributed by atoms with Crippen molar-refractivity contribution in [2.45, 2.75) is 33.2 Å². The smallest absolute Gasteiger partial charge is 0.356 e. The number of carboxylic acid groups (broad SMARTS) is 1. The number of fused-ring (bicyclic) bond motifs is 1. The Labute approximate surface area is 82.6 Å². The molecule has 0 spiro atoms. The van der Waals surface area contributed by atoms with Crippen LogP contribution >= 0.6 is 0 Å². The minimum Gasteiger partial charge on any atom is -0.476 e. The summed E-state index contributed by atoms with van der Waals surface area (Å²) in [5.74, 6) is 0.483. The molecule has 4 nitrogen and oxygen atoms in total. The van der Waals surface area contributed by atoms with Gasteiger partial charge in [-0.3, -0.25) is 0 Å². The molecule has 0 aliphatic carbocycles. The summed E-state index contributed by atoms with van der Waals surface area (Å²) in [6.07, 6.45) is 1.95. The Morgan fingerprint density at radius 2 is 2.36 bits per heavy atom. The lowest BCUT2D eigenvalue weighted by Crippen LogP contribution is -2.19. The zero-order valence-electron chi connectivity index (χ0n) is 8.45. The second kappa shape index (κ2) is 3.12. The number of aromatic carboxylic acids is 1. The molecule has 0 amide bonds. The largest absolute Gasteiger partial charge is 0.476 e. The van der Waals surface area contributed by atoms with E-state index in [9.17, 15) is 4.79 Å². The van der Waals surface area contributed by atoms with Crippen LogP contribution in [0, 0.1) is 12.8 Å². The Hall–Kier alpha value is -1.32. The van der Waals surface area contributed by atoms with E-state index in [4.69, 9.17) is 5.11 Å². The zero-order valence-corrected chi connectivity index (χ0v) is 8.45. The highest BCUT2D eigenvalue weighted by atomic mass is 16.4. The Kier molecular flexibility index (Phi) is 2.06. The van der Waals surface area contributed by atoms with Crippen LogP contribution in [-0.4, -0.2) is 20.6 Å². The lowest BCUT2D eigenvalue weighted by molar-refractivity contribution is 0.0689. The van der Waals surface area contributed by atoms with E-state index in [1.807, 2.05) is 11.5 Å². The summed E-state index contributed by atoms with van der Waals surface area (Å²) in [4.78, 5) is 15.0. The Morgan fingerprint density at radius 1 is 1.64 bits per heavy atom. The zero-order chi connectivity index (χ0) is 10.3. The molecule has 1 aliphatic heterocycles. The van der Waals surface area contributed by atoms with Crippen LogP contribution in [0.2, 0.25) is 0 Å². The summed E-state index contributed by atoms with van der Waals surface area (Å²) in [5, 5.41) is 8.96. The third-order valence-corrected chi connectivity index (χ3v) is 2.85. The van der Waals surface area contributed by atoms with E-state index >= 15 is 0 Å². The van der Waals surface area contributed by atoms with Crippen molar-refractivity contribution in [1.29, 1.82) is 0 Å². The maximum Gasteiger partial charge on any atom is 0.356 e. The van der Waals surface area contributed by atoms with Gasteiger partial charge < -0.3 is 9.67 Å². The van der Waals surface area contributed by atoms with E-state index in [1.165, 1.54) is 0 Å². The van der Waals surface area contributed by atoms with Crippen molar-refractivity contribution in [2.75, 3.05) is 0 Å². The lowest BCUT2D eigenvalue weighted by atomic mass is 9.97. The predicted octanol–water partition coefficient (Wildman–Crippen LogP) is 1.47. The van der Waals surface area contributed by atoms with Crippen molar-refractivity contribution in [3.8, 4) is 0 Å². The molecule has 2 rings (SSSR count). The molecule has 1 aromatic rings. The van der Waals surface area contributed by atoms with Gasteiger partial charge in [-0.15, -0.1) is 0 Å². The Balaban J connectivity index is 2.50. The van der Waals surface area contributed by atoms with Gasteiger partial charge in [0, 0.05) is 6.54 Å². The van der Waals surface area contributed by atoms with Gasteiger partial charge in [0.05, 0.1) is 5.69 Å². The molecule has 1 aliphatic rings. The molecule has 0 radical (unpaired) electrons. The predicted molar refractivity (Wildman–Crippen MR) is 51.4 cm³/mol. The van der Waals surface area contributed by atoms with Crippen LogP contribution in [0.25, 0.3) is 0 Å². The highest BCUT2D eigenvalue weighted by molar-refractivity contribution is 5.86. The van der Waals surface area contributed by atoms with Gasteiger partial charge in [-0.25, -0.2) is 9.78 Å². The minimum absolute atomic E-state index is 0.244. The number of imidazole rings is 1. The fraction of sp³-hybridized carbons (Fsp3) is 0.600. The molecule has 2 heterocycles. The third kappa shape index (κ3) is 1.31. The summed E-state index contributed by atoms with van der Waals surface area (Å²) in [5.41, 5.74) is 1.14. The van der Waals surface area contributed by atoms with Crippen molar-refractivity contribution in [3.05, 3.63) is 17.2 Å². The Bertz CT molecular complexity index is 382. The maximum absolute atomic E-state index is 10.9. The van der Waals surface area contributed by atoms with Gasteiger partial charge in [-0.05, 0) is 25.7 Å². The molecule has 0 bridgehead atoms. The van der Waals surface area contributed by atoms with Crippen LogP contribution in [0.5, 0.6) is 0 Å². The summed E-state index contributed by atoms with van der Waals surface area (Å²) < 4.78 is 2.03. The van der Waals surface area contributed by atoms with E-state index in [1.54, 1.807) is 0 Å². The highest BCUT2D eigenvalue weighted by Crippen LogP contribution is 2.24. The first-order chi connectivity index (χ1) is 6.59. The summed E-state index contributed by atoms with van der Waals surface area (Å²) in [6.45, 7) is 4.92. The second-order valence-electron chi connectivity index (χ2n) is 4.01. The van der Waals surface area contributed by atoms with E-state index in [0.29, 0.717) is 5.92 Å². The first kappa shape index (κ1) is 9.24. The molecule has 1 unspecified atom stereocenters. The van der Waals surface area contributed by atoms with Gasteiger partial charge in [0.2, 0.25) is 0 Å². The molecular formula is C10H14N2O2. The maximum atomic E-state index is 10.9. The molecule has 0 saturated heterocycles. The van der Waals surface area contributed by atoms with Gasteiger partial charge >= 0.3 is 5.97 Å². The third-order valence-electron chi connectivity index (χ3n) is 2.85. The number of rotatable bonds is 1. The van der Waals surface area contributed by atoms with Crippen LogP contribution in [0.1, 0.15) is 35.4 Å². The number of hydrogen-bond donors (Lipinski definition) is 1. The molecule has 76 valence electrons. The van der Waals surface area contributed by atoms with E-state index < -0.39 is 5.97 Å². The SMILES string of the molecule is Cc1nc(C(=O)O)c2n1CCC(C)C2. The number of carboxylic acids is 1. The topological polar surface area (TPSA) is 55.1 Å². The van der Waals surface area contributed by atoms with Crippen molar-refractivity contribution in [3.63, 3.8) is 0 Å². The number of nitrogens with zero attached hydrogens (tertiary/aromatic N) is 2. The van der Waals surface area contributed by atoms with Gasteiger partial charge in [-0.1, -0.05) is 6.92 Å². The number of aryl methyl sites for hydroxylation is 1. The monoisotopic (exact) mass is 194 g/mol. The number of hydrogen-bond acceptors (Lipinski definition) is 2. The molecule has 1 atom stereocenters. The average molecular weight is 194 g/mol. The van der Waals surface area contributed by atoms with Crippen LogP contribution in [-0.2, 0) is 13.0 Å². The van der Waals surface area contributed by atoms with Crippen LogP contribution in [0.3, 0.4) is 0 Å². The first-order valence-electron chi connectivity index (χ1n) is 4.89. The summed E-state index contributed by atoms with van der Waals surface area (Å²) in [6, 6.07) is 0. The fourth-order valence-electron chi connectivity index (χ4n) is 2.07. The van der Waals surface area contributed by atoms with Crippen molar-refractivity contribution in [1.82, 2.24) is 9.55 Å². The molecule has 4 heteroatoms. The number of aromatic nitrogens is 2. The standard InChI is InChI=1S/C10H14N2O2/c1-6-3-4-12-7(2)11-9(10(13)14)8(12)5-6/h6H,3-5H2,1-2H3,(H,13,14). The van der Waals surface area contributed by atoms with Crippen molar-refractivity contribution >= 4 is 5.97 Å². The van der Waals surface area contributed by atoms with E-state index in [0.717, 1.165) is 30.9 Å². The minimum atomic E-state index is -0.907. The van der Waals surface area contributed by atoms with Crippen molar-refractivity contribution < 1.29 is 9.90 Å². The van der Waals surface area contributed by atoms with Crippen LogP contribution < -0.4 is 0 Å². The molecule has 1 N–H and O–H groups in total. The van der Waals surface area contributed by atoms with Gasteiger partial charge in [-0.2, -0.15) is 0 Å². The van der Waals surface area contributed by atoms with Crippen LogP contribution in [0.15, 0.2) is 0 Å².